The third-order valence-electron chi connectivity index (χ3n) is 1.26. The zero-order valence-corrected chi connectivity index (χ0v) is 11.0. The number of carbonyl (C=O) groups is 3. The van der Waals surface area contributed by atoms with Crippen LogP contribution in [0.3, 0.4) is 0 Å². The minimum Gasteiger partial charge on any atom is -0.550 e. The van der Waals surface area contributed by atoms with Crippen LogP contribution >= 0.6 is 0 Å². The van der Waals surface area contributed by atoms with Gasteiger partial charge in [-0.2, -0.15) is 0 Å². The number of hydrogen-bond donors (Lipinski definition) is 2. The van der Waals surface area contributed by atoms with Gasteiger partial charge in [-0.15, -0.1) is 0 Å². The van der Waals surface area contributed by atoms with Crippen LogP contribution in [0.5, 0.6) is 0 Å². The van der Waals surface area contributed by atoms with Gasteiger partial charge in [-0.05, 0) is 0 Å². The van der Waals surface area contributed by atoms with Crippen LogP contribution < -0.4 is 10.2 Å². The summed E-state index contributed by atoms with van der Waals surface area (Å²) in [5.74, 6) is -5.67. The van der Waals surface area contributed by atoms with Crippen LogP contribution in [0.15, 0.2) is 0 Å². The van der Waals surface area contributed by atoms with Gasteiger partial charge in [0.2, 0.25) is 0 Å². The first kappa shape index (κ1) is 43.0. The minimum absolute atomic E-state index is 0. The molecule has 19 heavy (non-hydrogen) atoms. The van der Waals surface area contributed by atoms with E-state index in [9.17, 15) is 24.6 Å². The minimum atomic E-state index is -2.91. The van der Waals surface area contributed by atoms with E-state index in [0.717, 1.165) is 0 Å². The fraction of sp³-hybridized carbons (Fsp3) is 0.500. The van der Waals surface area contributed by atoms with E-state index in [1.54, 1.807) is 0 Å². The quantitative estimate of drug-likeness (QED) is 0.461. The van der Waals surface area contributed by atoms with E-state index in [1.165, 1.54) is 0 Å². The molecule has 0 aliphatic heterocycles. The second kappa shape index (κ2) is 16.9. The van der Waals surface area contributed by atoms with Gasteiger partial charge in [0, 0.05) is 12.4 Å². The van der Waals surface area contributed by atoms with Crippen molar-refractivity contribution in [3.05, 3.63) is 0 Å². The SMILES string of the molecule is O.O.O.O.O.O=C([O-])CC(O)(CC(=O)O)C(=O)[O-].[Mg+2]. The number of aliphatic hydroxyl groups is 1. The van der Waals surface area contributed by atoms with Crippen molar-refractivity contribution in [2.24, 2.45) is 0 Å². The van der Waals surface area contributed by atoms with Crippen LogP contribution in [0.2, 0.25) is 0 Å². The summed E-state index contributed by atoms with van der Waals surface area (Å²) >= 11 is 0. The van der Waals surface area contributed by atoms with E-state index in [2.05, 4.69) is 0 Å². The largest absolute Gasteiger partial charge is 2.00 e. The molecule has 0 radical (unpaired) electrons. The summed E-state index contributed by atoms with van der Waals surface area (Å²) in [5.41, 5.74) is -2.91. The molecule has 12 nitrogen and oxygen atoms in total. The Bertz CT molecular complexity index is 237. The summed E-state index contributed by atoms with van der Waals surface area (Å²) < 4.78 is 0. The number of carboxylic acid groups (broad SMARTS) is 3. The number of hydrogen-bond acceptors (Lipinski definition) is 6. The van der Waals surface area contributed by atoms with Crippen molar-refractivity contribution < 1.29 is 62.2 Å². The molecule has 0 bridgehead atoms. The topological polar surface area (TPSA) is 295 Å². The van der Waals surface area contributed by atoms with Gasteiger partial charge in [-0.1, -0.05) is 0 Å². The molecule has 0 saturated heterocycles. The molecule has 114 valence electrons. The van der Waals surface area contributed by atoms with Crippen molar-refractivity contribution >= 4 is 41.0 Å². The number of carboxylic acids is 3. The molecule has 1 atom stereocenters. The summed E-state index contributed by atoms with van der Waals surface area (Å²) in [7, 11) is 0. The van der Waals surface area contributed by atoms with Crippen molar-refractivity contribution in [1.29, 1.82) is 0 Å². The average Bonchev–Trinajstić information content (AvgIpc) is 1.82. The van der Waals surface area contributed by atoms with Crippen molar-refractivity contribution in [2.75, 3.05) is 0 Å². The van der Waals surface area contributed by atoms with Crippen molar-refractivity contribution in [2.45, 2.75) is 18.4 Å². The van der Waals surface area contributed by atoms with Gasteiger partial charge in [0.1, 0.15) is 5.60 Å². The Balaban J connectivity index is -0.0000000480. The maximum Gasteiger partial charge on any atom is 2.00 e. The Morgan fingerprint density at radius 2 is 1.21 bits per heavy atom. The molecular formula is C6H16MgO12. The standard InChI is InChI=1S/C6H8O7.Mg.5H2O/c7-3(8)1-6(13,5(11)12)2-4(9)10;;;;;;/h13H,1-2H2,(H,7,8)(H,9,10)(H,11,12);;5*1H2/q;+2;;;;;/p-2. The first-order valence-corrected chi connectivity index (χ1v) is 3.13. The number of rotatable bonds is 5. The fourth-order valence-electron chi connectivity index (χ4n) is 0.696. The Hall–Kier alpha value is -1.06. The van der Waals surface area contributed by atoms with Crippen molar-refractivity contribution in [1.82, 2.24) is 0 Å². The molecular weight excluding hydrogens is 288 g/mol. The average molecular weight is 304 g/mol. The van der Waals surface area contributed by atoms with E-state index >= 15 is 0 Å². The van der Waals surface area contributed by atoms with E-state index < -0.39 is 36.4 Å². The first-order valence-electron chi connectivity index (χ1n) is 3.13. The molecule has 0 amide bonds. The molecule has 0 fully saturated rings. The van der Waals surface area contributed by atoms with Crippen LogP contribution in [0.4, 0.5) is 0 Å². The monoisotopic (exact) mass is 304 g/mol. The fourth-order valence-corrected chi connectivity index (χ4v) is 0.696. The first-order chi connectivity index (χ1) is 5.78. The molecule has 0 aromatic heterocycles. The summed E-state index contributed by atoms with van der Waals surface area (Å²) in [5, 5.41) is 37.2. The van der Waals surface area contributed by atoms with Gasteiger partial charge in [0.15, 0.2) is 0 Å². The maximum atomic E-state index is 10.2. The third-order valence-corrected chi connectivity index (χ3v) is 1.26. The molecule has 0 saturated carbocycles. The van der Waals surface area contributed by atoms with E-state index in [4.69, 9.17) is 10.2 Å². The Labute approximate surface area is 122 Å². The number of carbonyl (C=O) groups excluding carboxylic acids is 2. The number of aliphatic carboxylic acids is 3. The molecule has 13 heteroatoms. The van der Waals surface area contributed by atoms with Gasteiger partial charge in [-0.25, -0.2) is 0 Å². The van der Waals surface area contributed by atoms with E-state index in [1.807, 2.05) is 0 Å². The van der Waals surface area contributed by atoms with Gasteiger partial charge in [0.25, 0.3) is 0 Å². The molecule has 0 heterocycles. The molecule has 0 aromatic carbocycles. The molecule has 0 aliphatic carbocycles. The van der Waals surface area contributed by atoms with Crippen LogP contribution in [-0.2, 0) is 14.4 Å². The molecule has 0 aromatic rings. The Kier molecular flexibility index (Phi) is 38.3. The van der Waals surface area contributed by atoms with Gasteiger partial charge >= 0.3 is 29.0 Å². The molecule has 12 N–H and O–H groups in total. The second-order valence-electron chi connectivity index (χ2n) is 2.44. The van der Waals surface area contributed by atoms with Gasteiger partial charge < -0.3 is 57.4 Å². The van der Waals surface area contributed by atoms with E-state index in [-0.39, 0.29) is 50.4 Å². The summed E-state index contributed by atoms with van der Waals surface area (Å²) in [4.78, 5) is 30.2. The molecule has 0 aliphatic rings. The summed E-state index contributed by atoms with van der Waals surface area (Å²) in [6.45, 7) is 0. The second-order valence-corrected chi connectivity index (χ2v) is 2.44. The van der Waals surface area contributed by atoms with Gasteiger partial charge in [-0.3, -0.25) is 4.79 Å². The van der Waals surface area contributed by atoms with Crippen LogP contribution in [-0.4, -0.2) is 84.2 Å². The normalized spacial score (nSPS) is 9.95. The van der Waals surface area contributed by atoms with Crippen molar-refractivity contribution in [3.63, 3.8) is 0 Å². The van der Waals surface area contributed by atoms with Crippen LogP contribution in [0.25, 0.3) is 0 Å². The zero-order valence-electron chi connectivity index (χ0n) is 9.56. The van der Waals surface area contributed by atoms with Crippen LogP contribution in [0, 0.1) is 0 Å². The molecule has 1 unspecified atom stereocenters. The van der Waals surface area contributed by atoms with Crippen LogP contribution in [0.1, 0.15) is 12.8 Å². The maximum absolute atomic E-state index is 10.2. The van der Waals surface area contributed by atoms with E-state index in [0.29, 0.717) is 0 Å². The third kappa shape index (κ3) is 16.9. The van der Waals surface area contributed by atoms with Gasteiger partial charge in [0.05, 0.1) is 12.4 Å². The molecule has 0 spiro atoms. The smallest absolute Gasteiger partial charge is 0.550 e. The van der Waals surface area contributed by atoms with Crippen molar-refractivity contribution in [3.8, 4) is 0 Å². The Morgan fingerprint density at radius 3 is 1.37 bits per heavy atom. The summed E-state index contributed by atoms with van der Waals surface area (Å²) in [6, 6.07) is 0. The zero-order chi connectivity index (χ0) is 10.6. The molecule has 0 rings (SSSR count). The predicted octanol–water partition coefficient (Wildman–Crippen LogP) is -8.42. The summed E-state index contributed by atoms with van der Waals surface area (Å²) in [6.07, 6.45) is -2.56. The Morgan fingerprint density at radius 1 is 0.895 bits per heavy atom. The predicted molar refractivity (Wildman–Crippen MR) is 55.7 cm³/mol.